The van der Waals surface area contributed by atoms with Crippen molar-refractivity contribution in [2.24, 2.45) is 0 Å². The Hall–Kier alpha value is -2.74. The summed E-state index contributed by atoms with van der Waals surface area (Å²) in [4.78, 5) is 30.2. The molecule has 2 aromatic rings. The molecule has 1 aliphatic heterocycles. The third kappa shape index (κ3) is 3.54. The van der Waals surface area contributed by atoms with Gasteiger partial charge in [-0.3, -0.25) is 24.8 Å². The lowest BCUT2D eigenvalue weighted by atomic mass is 10.2. The molecule has 0 unspecified atom stereocenters. The van der Waals surface area contributed by atoms with Gasteiger partial charge < -0.3 is 9.32 Å². The molecular weight excluding hydrogens is 300 g/mol. The molecule has 2 aromatic heterocycles. The summed E-state index contributed by atoms with van der Waals surface area (Å²) in [5.41, 5.74) is 1.13. The third-order valence-corrected chi connectivity index (χ3v) is 3.77. The normalized spacial score (nSPS) is 15.6. The van der Waals surface area contributed by atoms with Gasteiger partial charge in [-0.05, 0) is 17.7 Å². The second kappa shape index (κ2) is 6.57. The van der Waals surface area contributed by atoms with E-state index in [9.17, 15) is 14.9 Å². The Balaban J connectivity index is 1.55. The summed E-state index contributed by atoms with van der Waals surface area (Å²) in [7, 11) is 0. The molecule has 1 fully saturated rings. The predicted molar refractivity (Wildman–Crippen MR) is 80.8 cm³/mol. The highest BCUT2D eigenvalue weighted by atomic mass is 16.6. The summed E-state index contributed by atoms with van der Waals surface area (Å²) < 4.78 is 4.97. The molecule has 3 rings (SSSR count). The van der Waals surface area contributed by atoms with Crippen LogP contribution >= 0.6 is 0 Å². The van der Waals surface area contributed by atoms with Gasteiger partial charge in [0.1, 0.15) is 4.92 Å². The Bertz CT molecular complexity index is 693. The van der Waals surface area contributed by atoms with E-state index in [0.29, 0.717) is 13.1 Å². The van der Waals surface area contributed by atoms with Crippen molar-refractivity contribution < 1.29 is 14.1 Å². The largest absolute Gasteiger partial charge is 0.433 e. The van der Waals surface area contributed by atoms with Crippen LogP contribution in [-0.4, -0.2) is 51.8 Å². The first-order valence-electron chi connectivity index (χ1n) is 7.28. The maximum absolute atomic E-state index is 12.3. The summed E-state index contributed by atoms with van der Waals surface area (Å²) in [6.07, 6.45) is 3.57. The third-order valence-electron chi connectivity index (χ3n) is 3.77. The van der Waals surface area contributed by atoms with Crippen molar-refractivity contribution in [2.75, 3.05) is 26.2 Å². The molecule has 0 bridgehead atoms. The molecule has 1 saturated heterocycles. The molecule has 0 aliphatic carbocycles. The Morgan fingerprint density at radius 2 is 2.04 bits per heavy atom. The van der Waals surface area contributed by atoms with E-state index >= 15 is 0 Å². The number of piperazine rings is 1. The van der Waals surface area contributed by atoms with Crippen LogP contribution in [0.3, 0.4) is 0 Å². The Kier molecular flexibility index (Phi) is 4.33. The number of furan rings is 1. The zero-order chi connectivity index (χ0) is 16.2. The van der Waals surface area contributed by atoms with Gasteiger partial charge in [0.15, 0.2) is 5.76 Å². The number of rotatable bonds is 4. The number of nitrogens with zero attached hydrogens (tertiary/aromatic N) is 4. The van der Waals surface area contributed by atoms with Crippen molar-refractivity contribution in [3.8, 4) is 0 Å². The SMILES string of the molecule is O=C(c1ccc([N+](=O)[O-])o1)N1CCN(Cc2cccnc2)CC1. The molecule has 0 atom stereocenters. The van der Waals surface area contributed by atoms with Gasteiger partial charge in [0.05, 0.1) is 6.07 Å². The molecule has 0 radical (unpaired) electrons. The van der Waals surface area contributed by atoms with Crippen LogP contribution in [-0.2, 0) is 6.54 Å². The number of amides is 1. The molecule has 8 heteroatoms. The highest BCUT2D eigenvalue weighted by Gasteiger charge is 2.25. The van der Waals surface area contributed by atoms with Crippen LogP contribution in [0.25, 0.3) is 0 Å². The second-order valence-corrected chi connectivity index (χ2v) is 5.32. The minimum atomic E-state index is -0.650. The fourth-order valence-corrected chi connectivity index (χ4v) is 2.56. The lowest BCUT2D eigenvalue weighted by Crippen LogP contribution is -2.48. The van der Waals surface area contributed by atoms with Gasteiger partial charge >= 0.3 is 5.88 Å². The van der Waals surface area contributed by atoms with Crippen LogP contribution < -0.4 is 0 Å². The average Bonchev–Trinajstić information content (AvgIpc) is 3.06. The number of hydrogen-bond acceptors (Lipinski definition) is 6. The molecule has 0 spiro atoms. The van der Waals surface area contributed by atoms with Crippen molar-refractivity contribution in [3.05, 3.63) is 58.1 Å². The summed E-state index contributed by atoms with van der Waals surface area (Å²) in [6, 6.07) is 6.47. The van der Waals surface area contributed by atoms with Crippen LogP contribution in [0.15, 0.2) is 41.1 Å². The molecule has 3 heterocycles. The maximum Gasteiger partial charge on any atom is 0.433 e. The van der Waals surface area contributed by atoms with Gasteiger partial charge in [-0.1, -0.05) is 6.07 Å². The summed E-state index contributed by atoms with van der Waals surface area (Å²) >= 11 is 0. The van der Waals surface area contributed by atoms with E-state index in [0.717, 1.165) is 25.2 Å². The molecule has 120 valence electrons. The minimum Gasteiger partial charge on any atom is -0.395 e. The fourth-order valence-electron chi connectivity index (χ4n) is 2.56. The van der Waals surface area contributed by atoms with Gasteiger partial charge in [0, 0.05) is 45.1 Å². The lowest BCUT2D eigenvalue weighted by Gasteiger charge is -2.34. The predicted octanol–water partition coefficient (Wildman–Crippen LogP) is 1.54. The summed E-state index contributed by atoms with van der Waals surface area (Å²) in [5.74, 6) is -0.708. The Morgan fingerprint density at radius 1 is 1.26 bits per heavy atom. The molecule has 0 saturated carbocycles. The number of pyridine rings is 1. The highest BCUT2D eigenvalue weighted by molar-refractivity contribution is 5.91. The van der Waals surface area contributed by atoms with Gasteiger partial charge in [0.2, 0.25) is 0 Å². The van der Waals surface area contributed by atoms with Crippen LogP contribution in [0.5, 0.6) is 0 Å². The monoisotopic (exact) mass is 316 g/mol. The van der Waals surface area contributed by atoms with E-state index in [4.69, 9.17) is 4.42 Å². The standard InChI is InChI=1S/C15H16N4O4/c20-15(13-3-4-14(23-13)19(21)22)18-8-6-17(7-9-18)11-12-2-1-5-16-10-12/h1-5,10H,6-9,11H2. The van der Waals surface area contributed by atoms with E-state index in [1.807, 2.05) is 18.3 Å². The van der Waals surface area contributed by atoms with Gasteiger partial charge in [-0.15, -0.1) is 0 Å². The van der Waals surface area contributed by atoms with Crippen LogP contribution in [0, 0.1) is 10.1 Å². The summed E-state index contributed by atoms with van der Waals surface area (Å²) in [5, 5.41) is 10.6. The van der Waals surface area contributed by atoms with Crippen molar-refractivity contribution in [1.82, 2.24) is 14.8 Å². The zero-order valence-corrected chi connectivity index (χ0v) is 12.4. The number of hydrogen-bond donors (Lipinski definition) is 0. The van der Waals surface area contributed by atoms with Crippen LogP contribution in [0.1, 0.15) is 16.1 Å². The van der Waals surface area contributed by atoms with Crippen molar-refractivity contribution >= 4 is 11.8 Å². The summed E-state index contributed by atoms with van der Waals surface area (Å²) in [6.45, 7) is 3.40. The number of nitro groups is 1. The molecule has 0 aromatic carbocycles. The van der Waals surface area contributed by atoms with E-state index < -0.39 is 10.8 Å². The van der Waals surface area contributed by atoms with Crippen molar-refractivity contribution in [2.45, 2.75) is 6.54 Å². The van der Waals surface area contributed by atoms with Gasteiger partial charge in [-0.2, -0.15) is 0 Å². The fraction of sp³-hybridized carbons (Fsp3) is 0.333. The number of carbonyl (C=O) groups is 1. The first kappa shape index (κ1) is 15.2. The van der Waals surface area contributed by atoms with E-state index in [2.05, 4.69) is 9.88 Å². The first-order chi connectivity index (χ1) is 11.1. The van der Waals surface area contributed by atoms with Gasteiger partial charge in [-0.25, -0.2) is 0 Å². The number of carbonyl (C=O) groups excluding carboxylic acids is 1. The molecule has 8 nitrogen and oxygen atoms in total. The minimum absolute atomic E-state index is 0.0115. The number of aromatic nitrogens is 1. The highest BCUT2D eigenvalue weighted by Crippen LogP contribution is 2.18. The van der Waals surface area contributed by atoms with Gasteiger partial charge in [0.25, 0.3) is 5.91 Å². The molecule has 23 heavy (non-hydrogen) atoms. The topological polar surface area (TPSA) is 92.7 Å². The average molecular weight is 316 g/mol. The van der Waals surface area contributed by atoms with Crippen LogP contribution in [0.4, 0.5) is 5.88 Å². The molecule has 1 aliphatic rings. The molecule has 1 amide bonds. The van der Waals surface area contributed by atoms with Crippen LogP contribution in [0.2, 0.25) is 0 Å². The second-order valence-electron chi connectivity index (χ2n) is 5.32. The zero-order valence-electron chi connectivity index (χ0n) is 12.4. The van der Waals surface area contributed by atoms with E-state index in [1.54, 1.807) is 11.1 Å². The van der Waals surface area contributed by atoms with E-state index in [-0.39, 0.29) is 11.7 Å². The van der Waals surface area contributed by atoms with Crippen molar-refractivity contribution in [3.63, 3.8) is 0 Å². The molecular formula is C15H16N4O4. The van der Waals surface area contributed by atoms with Crippen molar-refractivity contribution in [1.29, 1.82) is 0 Å². The smallest absolute Gasteiger partial charge is 0.395 e. The lowest BCUT2D eigenvalue weighted by molar-refractivity contribution is -0.402. The maximum atomic E-state index is 12.3. The Morgan fingerprint density at radius 3 is 2.65 bits per heavy atom. The molecule has 0 N–H and O–H groups in total. The van der Waals surface area contributed by atoms with E-state index in [1.165, 1.54) is 12.1 Å². The quantitative estimate of drug-likeness (QED) is 0.627. The first-order valence-corrected chi connectivity index (χ1v) is 7.28. The Labute approximate surface area is 132 Å².